The number of aliphatic hydroxyl groups excluding tert-OH is 10. The Morgan fingerprint density at radius 2 is 0.793 bits per heavy atom. The molecule has 176 valence electrons. The lowest BCUT2D eigenvalue weighted by molar-refractivity contribution is -0.136. The van der Waals surface area contributed by atoms with Gasteiger partial charge in [0.05, 0.1) is 13.2 Å². The highest BCUT2D eigenvalue weighted by Gasteiger charge is 2.30. The van der Waals surface area contributed by atoms with Gasteiger partial charge in [-0.3, -0.25) is 9.11 Å². The topological polar surface area (TPSA) is 311 Å². The van der Waals surface area contributed by atoms with Gasteiger partial charge in [-0.15, -0.1) is 0 Å². The van der Waals surface area contributed by atoms with Crippen LogP contribution in [0, 0.1) is 0 Å². The third kappa shape index (κ3) is 17.4. The lowest BCUT2D eigenvalue weighted by atomic mass is 10.0. The number of carbonyl (C=O) groups is 2. The maximum Gasteiger partial charge on any atom is 0.394 e. The summed E-state index contributed by atoms with van der Waals surface area (Å²) in [6.07, 6.45) is -13.7. The molecule has 0 fully saturated rings. The molecule has 0 aromatic heterocycles. The first-order valence-electron chi connectivity index (χ1n) is 7.35. The van der Waals surface area contributed by atoms with Gasteiger partial charge in [0.1, 0.15) is 48.8 Å². The molecular formula is C12H26O16S. The van der Waals surface area contributed by atoms with Crippen molar-refractivity contribution < 1.29 is 78.2 Å². The molecule has 0 saturated heterocycles. The molecule has 0 aromatic carbocycles. The Morgan fingerprint density at radius 3 is 0.931 bits per heavy atom. The van der Waals surface area contributed by atoms with E-state index in [1.165, 1.54) is 0 Å². The van der Waals surface area contributed by atoms with E-state index >= 15 is 0 Å². The molecule has 29 heavy (non-hydrogen) atoms. The van der Waals surface area contributed by atoms with Gasteiger partial charge in [-0.25, -0.2) is 0 Å². The Bertz CT molecular complexity index is 486. The van der Waals surface area contributed by atoms with Crippen LogP contribution in [0.4, 0.5) is 0 Å². The number of rotatable bonds is 10. The number of hydrogen-bond acceptors (Lipinski definition) is 14. The normalized spacial score (nSPS) is 19.4. The van der Waals surface area contributed by atoms with Gasteiger partial charge >= 0.3 is 10.4 Å². The van der Waals surface area contributed by atoms with E-state index in [2.05, 4.69) is 0 Å². The van der Waals surface area contributed by atoms with Crippen LogP contribution in [-0.4, -0.2) is 143 Å². The first kappa shape index (κ1) is 32.5. The molecule has 0 bridgehead atoms. The van der Waals surface area contributed by atoms with Crippen molar-refractivity contribution in [1.29, 1.82) is 0 Å². The van der Waals surface area contributed by atoms with Crippen molar-refractivity contribution in [2.24, 2.45) is 0 Å². The Balaban J connectivity index is -0.000000380. The second kappa shape index (κ2) is 16.6. The van der Waals surface area contributed by atoms with Crippen LogP contribution in [0.2, 0.25) is 0 Å². The molecule has 12 N–H and O–H groups in total. The third-order valence-electron chi connectivity index (χ3n) is 2.84. The molecule has 8 atom stereocenters. The van der Waals surface area contributed by atoms with Crippen molar-refractivity contribution in [3.05, 3.63) is 0 Å². The van der Waals surface area contributed by atoms with Gasteiger partial charge in [0.15, 0.2) is 12.6 Å². The summed E-state index contributed by atoms with van der Waals surface area (Å²) in [5.74, 6) is 0. The van der Waals surface area contributed by atoms with E-state index in [-0.39, 0.29) is 12.6 Å². The van der Waals surface area contributed by atoms with Gasteiger partial charge in [-0.2, -0.15) is 8.42 Å². The van der Waals surface area contributed by atoms with E-state index in [1.807, 2.05) is 0 Å². The van der Waals surface area contributed by atoms with Crippen molar-refractivity contribution >= 4 is 23.0 Å². The van der Waals surface area contributed by atoms with Crippen LogP contribution in [-0.2, 0) is 20.0 Å². The van der Waals surface area contributed by atoms with Crippen LogP contribution in [0.25, 0.3) is 0 Å². The maximum atomic E-state index is 9.90. The van der Waals surface area contributed by atoms with Crippen molar-refractivity contribution in [3.63, 3.8) is 0 Å². The zero-order valence-corrected chi connectivity index (χ0v) is 15.4. The molecule has 0 unspecified atom stereocenters. The summed E-state index contributed by atoms with van der Waals surface area (Å²) in [6.45, 7) is -1.52. The summed E-state index contributed by atoms with van der Waals surface area (Å²) >= 11 is 0. The van der Waals surface area contributed by atoms with Crippen LogP contribution >= 0.6 is 0 Å². The number of aldehydes is 2. The highest BCUT2D eigenvalue weighted by molar-refractivity contribution is 7.79. The minimum absolute atomic E-state index is 0.0258. The largest absolute Gasteiger partial charge is 0.394 e. The minimum atomic E-state index is -4.67. The Labute approximate surface area is 164 Å². The predicted molar refractivity (Wildman–Crippen MR) is 88.5 cm³/mol. The summed E-state index contributed by atoms with van der Waals surface area (Å²) in [4.78, 5) is 19.8. The highest BCUT2D eigenvalue weighted by atomic mass is 32.3. The third-order valence-corrected chi connectivity index (χ3v) is 2.84. The van der Waals surface area contributed by atoms with Crippen LogP contribution in [0.3, 0.4) is 0 Å². The SMILES string of the molecule is O=C[C@H](O)[C@@H](O)[C@@H](O)[C@H](O)CO.O=C[C@H](O)[C@@H](O)[C@H](O)[C@H](O)CO.O=S(=O)(O)O. The van der Waals surface area contributed by atoms with Gasteiger partial charge in [0.25, 0.3) is 0 Å². The number of carbonyl (C=O) groups excluding carboxylic acids is 2. The summed E-state index contributed by atoms with van der Waals surface area (Å²) < 4.78 is 31.6. The van der Waals surface area contributed by atoms with Crippen molar-refractivity contribution in [2.75, 3.05) is 13.2 Å². The molecule has 0 heterocycles. The summed E-state index contributed by atoms with van der Waals surface area (Å²) in [7, 11) is -4.67. The zero-order chi connectivity index (χ0) is 23.9. The first-order chi connectivity index (χ1) is 13.1. The molecule has 0 spiro atoms. The Kier molecular flexibility index (Phi) is 18.6. The molecule has 17 heteroatoms. The van der Waals surface area contributed by atoms with Crippen molar-refractivity contribution in [3.8, 4) is 0 Å². The molecule has 0 amide bonds. The smallest absolute Gasteiger partial charge is 0.394 e. The lowest BCUT2D eigenvalue weighted by Gasteiger charge is -2.22. The predicted octanol–water partition coefficient (Wildman–Crippen LogP) is -7.41. The average molecular weight is 458 g/mol. The molecule has 0 saturated carbocycles. The number of hydrogen-bond donors (Lipinski definition) is 12. The lowest BCUT2D eigenvalue weighted by Crippen LogP contribution is -2.46. The van der Waals surface area contributed by atoms with Gasteiger partial charge < -0.3 is 60.7 Å². The maximum absolute atomic E-state index is 9.90. The van der Waals surface area contributed by atoms with Gasteiger partial charge in [0.2, 0.25) is 0 Å². The monoisotopic (exact) mass is 458 g/mol. The zero-order valence-electron chi connectivity index (χ0n) is 14.6. The second-order valence-corrected chi connectivity index (χ2v) is 6.06. The van der Waals surface area contributed by atoms with Crippen molar-refractivity contribution in [1.82, 2.24) is 0 Å². The molecule has 0 aliphatic rings. The quantitative estimate of drug-likeness (QED) is 0.107. The summed E-state index contributed by atoms with van der Waals surface area (Å²) in [5, 5.41) is 87.1. The van der Waals surface area contributed by atoms with Gasteiger partial charge in [0, 0.05) is 0 Å². The van der Waals surface area contributed by atoms with Crippen LogP contribution in [0.5, 0.6) is 0 Å². The molecule has 16 nitrogen and oxygen atoms in total. The fourth-order valence-electron chi connectivity index (χ4n) is 1.24. The van der Waals surface area contributed by atoms with Gasteiger partial charge in [-0.05, 0) is 0 Å². The van der Waals surface area contributed by atoms with E-state index < -0.39 is 72.4 Å². The molecular weight excluding hydrogens is 432 g/mol. The van der Waals surface area contributed by atoms with E-state index in [0.717, 1.165) is 0 Å². The van der Waals surface area contributed by atoms with Crippen LogP contribution in [0.15, 0.2) is 0 Å². The van der Waals surface area contributed by atoms with E-state index in [9.17, 15) is 9.59 Å². The molecule has 0 aliphatic heterocycles. The molecule has 0 radical (unpaired) electrons. The van der Waals surface area contributed by atoms with Crippen molar-refractivity contribution in [2.45, 2.75) is 48.8 Å². The molecule has 0 rings (SSSR count). The highest BCUT2D eigenvalue weighted by Crippen LogP contribution is 2.03. The summed E-state index contributed by atoms with van der Waals surface area (Å²) in [5.41, 5.74) is 0. The Morgan fingerprint density at radius 1 is 0.586 bits per heavy atom. The number of aliphatic hydroxyl groups is 10. The summed E-state index contributed by atoms with van der Waals surface area (Å²) in [6, 6.07) is 0. The van der Waals surface area contributed by atoms with E-state index in [4.69, 9.17) is 68.6 Å². The van der Waals surface area contributed by atoms with Crippen LogP contribution in [0.1, 0.15) is 0 Å². The van der Waals surface area contributed by atoms with E-state index in [1.54, 1.807) is 0 Å². The standard InChI is InChI=1S/2C6H12O6.H2O4S/c2*7-1-3(9)5(11)6(12)4(10)2-8;1-5(2,3)4/h2*1,3-6,8-12H,2H2;(H2,1,2,3,4)/t3-,4+,5+,6+;3-,4+,5+,6-;/m00./s1. The van der Waals surface area contributed by atoms with Gasteiger partial charge in [-0.1, -0.05) is 0 Å². The second-order valence-electron chi connectivity index (χ2n) is 5.16. The molecule has 0 aliphatic carbocycles. The average Bonchev–Trinajstić information content (AvgIpc) is 2.67. The van der Waals surface area contributed by atoms with Crippen LogP contribution < -0.4 is 0 Å². The fourth-order valence-corrected chi connectivity index (χ4v) is 1.24. The van der Waals surface area contributed by atoms with E-state index in [0.29, 0.717) is 0 Å². The first-order valence-corrected chi connectivity index (χ1v) is 8.75. The fraction of sp³-hybridized carbons (Fsp3) is 0.833. The molecule has 0 aromatic rings. The minimum Gasteiger partial charge on any atom is -0.394 e. The Hall–Kier alpha value is -1.19.